The molecule has 0 unspecified atom stereocenters. The summed E-state index contributed by atoms with van der Waals surface area (Å²) in [7, 11) is 0. The molecule has 0 radical (unpaired) electrons. The number of aliphatic hydroxyl groups is 1. The molecule has 0 saturated heterocycles. The average Bonchev–Trinajstić information content (AvgIpc) is 1.98. The third-order valence-electron chi connectivity index (χ3n) is 1.05. The zero-order chi connectivity index (χ0) is 12.4. The van der Waals surface area contributed by atoms with E-state index in [1.165, 1.54) is 6.92 Å². The molecule has 0 amide bonds. The smallest absolute Gasteiger partial charge is 0.306 e. The van der Waals surface area contributed by atoms with Crippen molar-refractivity contribution in [3.8, 4) is 0 Å². The number of carbonyl (C=O) groups is 2. The van der Waals surface area contributed by atoms with Crippen LogP contribution in [0.4, 0.5) is 0 Å². The number of rotatable bonds is 4. The predicted molar refractivity (Wildman–Crippen MR) is 58.5 cm³/mol. The van der Waals surface area contributed by atoms with Crippen LogP contribution in [0.15, 0.2) is 0 Å². The largest absolute Gasteiger partial charge is 0.463 e. The number of ketones is 1. The van der Waals surface area contributed by atoms with Gasteiger partial charge in [-0.2, -0.15) is 0 Å². The van der Waals surface area contributed by atoms with E-state index in [1.807, 2.05) is 0 Å². The molecule has 90 valence electrons. The van der Waals surface area contributed by atoms with Crippen molar-refractivity contribution in [1.29, 1.82) is 0 Å². The summed E-state index contributed by atoms with van der Waals surface area (Å²) in [6, 6.07) is 0. The molecule has 0 heterocycles. The maximum Gasteiger partial charge on any atom is 0.306 e. The first-order chi connectivity index (χ1) is 6.75. The summed E-state index contributed by atoms with van der Waals surface area (Å²) in [5, 5.41) is 8.06. The van der Waals surface area contributed by atoms with Gasteiger partial charge >= 0.3 is 5.97 Å². The Morgan fingerprint density at radius 2 is 1.53 bits per heavy atom. The second-order valence-electron chi connectivity index (χ2n) is 3.83. The molecule has 1 N–H and O–H groups in total. The molecule has 0 bridgehead atoms. The summed E-state index contributed by atoms with van der Waals surface area (Å²) in [5.74, 6) is -0.277. The van der Waals surface area contributed by atoms with Crippen LogP contribution in [0.3, 0.4) is 0 Å². The molecule has 0 aromatic heterocycles. The fraction of sp³-hybridized carbons (Fsp3) is 0.818. The third kappa shape index (κ3) is 24.6. The minimum Gasteiger partial charge on any atom is -0.463 e. The van der Waals surface area contributed by atoms with Crippen LogP contribution >= 0.6 is 0 Å². The van der Waals surface area contributed by atoms with Gasteiger partial charge in [0.25, 0.3) is 0 Å². The van der Waals surface area contributed by atoms with Crippen molar-refractivity contribution in [3.63, 3.8) is 0 Å². The van der Waals surface area contributed by atoms with Gasteiger partial charge in [0.15, 0.2) is 0 Å². The molecule has 0 rings (SSSR count). The molecular formula is C11H22O4. The van der Waals surface area contributed by atoms with E-state index in [2.05, 4.69) is 0 Å². The summed E-state index contributed by atoms with van der Waals surface area (Å²) in [4.78, 5) is 21.2. The van der Waals surface area contributed by atoms with Crippen LogP contribution in [0.2, 0.25) is 0 Å². The summed E-state index contributed by atoms with van der Waals surface area (Å²) < 4.78 is 4.81. The molecule has 0 aliphatic carbocycles. The van der Waals surface area contributed by atoms with Crippen LogP contribution in [0, 0.1) is 0 Å². The lowest BCUT2D eigenvalue weighted by Crippen LogP contribution is -2.11. The Morgan fingerprint density at radius 1 is 1.13 bits per heavy atom. The quantitative estimate of drug-likeness (QED) is 0.729. The van der Waals surface area contributed by atoms with E-state index in [9.17, 15) is 9.59 Å². The van der Waals surface area contributed by atoms with Crippen LogP contribution < -0.4 is 0 Å². The van der Waals surface area contributed by atoms with Crippen LogP contribution in [0.25, 0.3) is 0 Å². The normalized spacial score (nSPS) is 9.60. The van der Waals surface area contributed by atoms with Gasteiger partial charge in [-0.05, 0) is 34.6 Å². The van der Waals surface area contributed by atoms with Gasteiger partial charge < -0.3 is 14.6 Å². The van der Waals surface area contributed by atoms with E-state index in [0.29, 0.717) is 0 Å². The first kappa shape index (κ1) is 16.5. The lowest BCUT2D eigenvalue weighted by molar-refractivity contribution is -0.148. The van der Waals surface area contributed by atoms with Gasteiger partial charge in [0.2, 0.25) is 0 Å². The molecular weight excluding hydrogens is 196 g/mol. The van der Waals surface area contributed by atoms with Crippen molar-refractivity contribution < 1.29 is 19.4 Å². The van der Waals surface area contributed by atoms with Crippen molar-refractivity contribution in [1.82, 2.24) is 0 Å². The molecule has 0 atom stereocenters. The van der Waals surface area contributed by atoms with Crippen molar-refractivity contribution in [2.45, 2.75) is 59.7 Å². The molecule has 0 aliphatic rings. The van der Waals surface area contributed by atoms with Gasteiger partial charge in [0.05, 0.1) is 12.5 Å². The number of aliphatic hydroxyl groups excluding tert-OH is 1. The highest BCUT2D eigenvalue weighted by atomic mass is 16.5. The zero-order valence-corrected chi connectivity index (χ0v) is 10.2. The first-order valence-electron chi connectivity index (χ1n) is 5.12. The molecule has 0 spiro atoms. The molecule has 0 aromatic rings. The Hall–Kier alpha value is -0.900. The minimum absolute atomic E-state index is 0.0192. The van der Waals surface area contributed by atoms with Crippen molar-refractivity contribution in [2.75, 3.05) is 0 Å². The third-order valence-corrected chi connectivity index (χ3v) is 1.05. The highest BCUT2D eigenvalue weighted by Gasteiger charge is 2.05. The average molecular weight is 218 g/mol. The Labute approximate surface area is 91.6 Å². The first-order valence-corrected chi connectivity index (χ1v) is 5.12. The molecule has 0 fully saturated rings. The van der Waals surface area contributed by atoms with E-state index in [0.717, 1.165) is 0 Å². The highest BCUT2D eigenvalue weighted by Crippen LogP contribution is 1.97. The maximum atomic E-state index is 10.8. The second kappa shape index (κ2) is 9.65. The summed E-state index contributed by atoms with van der Waals surface area (Å²) in [6.45, 7) is 8.47. The topological polar surface area (TPSA) is 63.6 Å². The van der Waals surface area contributed by atoms with E-state index in [1.54, 1.807) is 27.7 Å². The van der Waals surface area contributed by atoms with Crippen LogP contribution in [0.5, 0.6) is 0 Å². The Kier molecular flexibility index (Phi) is 10.6. The van der Waals surface area contributed by atoms with E-state index in [4.69, 9.17) is 9.84 Å². The minimum atomic E-state index is -0.296. The highest BCUT2D eigenvalue weighted by molar-refractivity contribution is 5.80. The molecule has 4 heteroatoms. The van der Waals surface area contributed by atoms with Crippen molar-refractivity contribution in [3.05, 3.63) is 0 Å². The predicted octanol–water partition coefficient (Wildman–Crippen LogP) is 1.69. The Morgan fingerprint density at radius 3 is 1.80 bits per heavy atom. The molecule has 0 saturated carbocycles. The SMILES string of the molecule is CC(=O)CCC(=O)OC(C)C.CC(C)O. The van der Waals surface area contributed by atoms with Gasteiger partial charge in [0.1, 0.15) is 5.78 Å². The van der Waals surface area contributed by atoms with E-state index < -0.39 is 0 Å². The number of Topliss-reactive ketones (excluding diaryl/α,β-unsaturated/α-hetero) is 1. The van der Waals surface area contributed by atoms with Gasteiger partial charge in [0, 0.05) is 12.5 Å². The number of hydrogen-bond acceptors (Lipinski definition) is 4. The van der Waals surface area contributed by atoms with Crippen molar-refractivity contribution >= 4 is 11.8 Å². The Bertz CT molecular complexity index is 182. The molecule has 4 nitrogen and oxygen atoms in total. The van der Waals surface area contributed by atoms with Crippen LogP contribution in [-0.4, -0.2) is 29.1 Å². The number of esters is 1. The number of ether oxygens (including phenoxy) is 1. The number of hydrogen-bond donors (Lipinski definition) is 1. The molecule has 0 aromatic carbocycles. The fourth-order valence-electron chi connectivity index (χ4n) is 0.600. The summed E-state index contributed by atoms with van der Waals surface area (Å²) in [6.07, 6.45) is 0.230. The maximum absolute atomic E-state index is 10.8. The van der Waals surface area contributed by atoms with E-state index in [-0.39, 0.29) is 36.8 Å². The van der Waals surface area contributed by atoms with Gasteiger partial charge in [-0.1, -0.05) is 0 Å². The Balaban J connectivity index is 0. The monoisotopic (exact) mass is 218 g/mol. The van der Waals surface area contributed by atoms with Crippen LogP contribution in [0.1, 0.15) is 47.5 Å². The summed E-state index contributed by atoms with van der Waals surface area (Å²) >= 11 is 0. The number of carbonyl (C=O) groups excluding carboxylic acids is 2. The van der Waals surface area contributed by atoms with Gasteiger partial charge in [-0.25, -0.2) is 0 Å². The lowest BCUT2D eigenvalue weighted by Gasteiger charge is -2.06. The lowest BCUT2D eigenvalue weighted by atomic mass is 10.2. The van der Waals surface area contributed by atoms with Gasteiger partial charge in [-0.3, -0.25) is 4.79 Å². The standard InChI is InChI=1S/C8H14O3.C3H8O/c1-6(2)11-8(10)5-4-7(3)9;1-3(2)4/h6H,4-5H2,1-3H3;3-4H,1-2H3. The summed E-state index contributed by atoms with van der Waals surface area (Å²) in [5.41, 5.74) is 0. The zero-order valence-electron chi connectivity index (χ0n) is 10.2. The second-order valence-corrected chi connectivity index (χ2v) is 3.83. The van der Waals surface area contributed by atoms with Crippen molar-refractivity contribution in [2.24, 2.45) is 0 Å². The molecule has 0 aliphatic heterocycles. The van der Waals surface area contributed by atoms with Gasteiger partial charge in [-0.15, -0.1) is 0 Å². The van der Waals surface area contributed by atoms with Crippen LogP contribution in [-0.2, 0) is 14.3 Å². The molecule has 15 heavy (non-hydrogen) atoms. The van der Waals surface area contributed by atoms with E-state index >= 15 is 0 Å². The fourth-order valence-corrected chi connectivity index (χ4v) is 0.600.